The fourth-order valence-electron chi connectivity index (χ4n) is 7.03. The number of nitrogens with zero attached hydrogens (tertiary/aromatic N) is 4. The van der Waals surface area contributed by atoms with E-state index in [1.807, 2.05) is 36.4 Å². The lowest BCUT2D eigenvalue weighted by molar-refractivity contribution is 0.655. The average Bonchev–Trinajstić information content (AvgIpc) is 3.47. The van der Waals surface area contributed by atoms with Crippen molar-refractivity contribution < 1.29 is 0 Å². The van der Waals surface area contributed by atoms with Crippen LogP contribution in [-0.4, -0.2) is 19.5 Å². The van der Waals surface area contributed by atoms with E-state index in [9.17, 15) is 0 Å². The van der Waals surface area contributed by atoms with Crippen LogP contribution >= 0.6 is 0 Å². The van der Waals surface area contributed by atoms with Crippen molar-refractivity contribution in [1.29, 1.82) is 0 Å². The van der Waals surface area contributed by atoms with Gasteiger partial charge in [0.15, 0.2) is 11.6 Å². The first kappa shape index (κ1) is 23.3. The van der Waals surface area contributed by atoms with E-state index in [-0.39, 0.29) is 5.41 Å². The Hall–Kier alpha value is -4.57. The van der Waals surface area contributed by atoms with E-state index in [1.54, 1.807) is 0 Å². The van der Waals surface area contributed by atoms with Gasteiger partial charge in [0.1, 0.15) is 0 Å². The van der Waals surface area contributed by atoms with E-state index in [0.29, 0.717) is 17.6 Å². The Morgan fingerprint density at radius 3 is 1.95 bits per heavy atom. The number of hydrogen-bond donors (Lipinski definition) is 0. The van der Waals surface area contributed by atoms with Gasteiger partial charge in [-0.2, -0.15) is 9.97 Å². The fraction of sp³-hybridized carbons (Fsp3) is 0.194. The zero-order valence-corrected chi connectivity index (χ0v) is 22.9. The Balaban J connectivity index is 1.44. The molecule has 4 nitrogen and oxygen atoms in total. The highest BCUT2D eigenvalue weighted by Gasteiger charge is 2.39. The van der Waals surface area contributed by atoms with E-state index < -0.39 is 0 Å². The molecular formula is C36H30N4. The molecule has 0 saturated heterocycles. The van der Waals surface area contributed by atoms with Crippen molar-refractivity contribution in [3.8, 4) is 39.9 Å². The summed E-state index contributed by atoms with van der Waals surface area (Å²) < 4.78 is 2.35. The number of aromatic nitrogens is 4. The third kappa shape index (κ3) is 3.35. The lowest BCUT2D eigenvalue weighted by atomic mass is 9.79. The molecule has 2 aromatic heterocycles. The highest BCUT2D eigenvalue weighted by molar-refractivity contribution is 6.00. The van der Waals surface area contributed by atoms with Crippen LogP contribution in [0, 0.1) is 0 Å². The largest absolute Gasteiger partial charge is 0.282 e. The Morgan fingerprint density at radius 2 is 1.25 bits per heavy atom. The maximum Gasteiger partial charge on any atom is 0.238 e. The molecule has 40 heavy (non-hydrogen) atoms. The lowest BCUT2D eigenvalue weighted by Gasteiger charge is -2.23. The van der Waals surface area contributed by atoms with Crippen LogP contribution in [0.3, 0.4) is 0 Å². The Morgan fingerprint density at radius 1 is 0.625 bits per heavy atom. The highest BCUT2D eigenvalue weighted by Crippen LogP contribution is 2.53. The van der Waals surface area contributed by atoms with Crippen LogP contribution in [-0.2, 0) is 18.3 Å². The molecule has 0 spiro atoms. The van der Waals surface area contributed by atoms with Crippen LogP contribution in [0.4, 0.5) is 0 Å². The first-order valence-corrected chi connectivity index (χ1v) is 14.3. The van der Waals surface area contributed by atoms with Crippen molar-refractivity contribution in [2.45, 2.75) is 44.9 Å². The van der Waals surface area contributed by atoms with Crippen LogP contribution in [0.1, 0.15) is 49.1 Å². The van der Waals surface area contributed by atoms with Gasteiger partial charge in [-0.3, -0.25) is 4.57 Å². The second kappa shape index (κ2) is 8.72. The smallest absolute Gasteiger partial charge is 0.238 e. The monoisotopic (exact) mass is 518 g/mol. The van der Waals surface area contributed by atoms with Gasteiger partial charge >= 0.3 is 0 Å². The molecule has 4 aromatic carbocycles. The molecule has 0 fully saturated rings. The molecule has 0 atom stereocenters. The fourth-order valence-corrected chi connectivity index (χ4v) is 7.03. The van der Waals surface area contributed by atoms with Gasteiger partial charge in [-0.05, 0) is 59.6 Å². The van der Waals surface area contributed by atoms with E-state index in [0.717, 1.165) is 24.0 Å². The molecule has 2 heterocycles. The molecule has 0 unspecified atom stereocenters. The third-order valence-electron chi connectivity index (χ3n) is 8.84. The van der Waals surface area contributed by atoms with Crippen LogP contribution < -0.4 is 0 Å². The summed E-state index contributed by atoms with van der Waals surface area (Å²) in [5.74, 6) is 2.10. The normalized spacial score (nSPS) is 15.1. The molecule has 0 bridgehead atoms. The summed E-state index contributed by atoms with van der Waals surface area (Å²) in [6, 6.07) is 34.0. The van der Waals surface area contributed by atoms with Gasteiger partial charge in [0.25, 0.3) is 0 Å². The maximum absolute atomic E-state index is 5.14. The maximum atomic E-state index is 5.14. The predicted octanol–water partition coefficient (Wildman–Crippen LogP) is 8.33. The van der Waals surface area contributed by atoms with Gasteiger partial charge < -0.3 is 0 Å². The van der Waals surface area contributed by atoms with Crippen molar-refractivity contribution in [3.05, 3.63) is 119 Å². The zero-order chi connectivity index (χ0) is 26.8. The Kier molecular flexibility index (Phi) is 5.09. The molecular weight excluding hydrogens is 488 g/mol. The van der Waals surface area contributed by atoms with Crippen LogP contribution in [0.2, 0.25) is 0 Å². The molecule has 0 amide bonds. The van der Waals surface area contributed by atoms with Gasteiger partial charge in [-0.1, -0.05) is 105 Å². The van der Waals surface area contributed by atoms with Gasteiger partial charge in [-0.25, -0.2) is 4.98 Å². The quantitative estimate of drug-likeness (QED) is 0.236. The summed E-state index contributed by atoms with van der Waals surface area (Å²) >= 11 is 0. The van der Waals surface area contributed by atoms with Crippen molar-refractivity contribution in [2.75, 3.05) is 0 Å². The first-order valence-electron chi connectivity index (χ1n) is 14.3. The molecule has 2 aliphatic rings. The summed E-state index contributed by atoms with van der Waals surface area (Å²) in [4.78, 5) is 15.2. The zero-order valence-electron chi connectivity index (χ0n) is 22.9. The molecule has 8 rings (SSSR count). The van der Waals surface area contributed by atoms with E-state index in [2.05, 4.69) is 79.1 Å². The first-order chi connectivity index (χ1) is 19.6. The molecule has 6 aromatic rings. The van der Waals surface area contributed by atoms with E-state index >= 15 is 0 Å². The molecule has 0 N–H and O–H groups in total. The molecule has 194 valence electrons. The summed E-state index contributed by atoms with van der Waals surface area (Å²) in [5.41, 5.74) is 11.5. The van der Waals surface area contributed by atoms with Gasteiger partial charge in [0, 0.05) is 27.6 Å². The molecule has 0 aliphatic heterocycles. The minimum absolute atomic E-state index is 0.0770. The minimum atomic E-state index is -0.0770. The second-order valence-corrected chi connectivity index (χ2v) is 11.5. The number of rotatable bonds is 3. The van der Waals surface area contributed by atoms with Crippen molar-refractivity contribution >= 4 is 10.9 Å². The number of aryl methyl sites for hydroxylation is 1. The number of fused-ring (bicyclic) bond motifs is 7. The standard InChI is InChI=1S/C36H30N4/c1-36(2)28-19-11-9-17-25(28)26-21-22-30-31(32(26)36)27-18-10-12-20-29(27)40(30)35-38-33(23-13-5-3-6-14-23)37-34(39-35)24-15-7-4-8-16-24/h3-9,11,13-17,19,21-22H,10,12,18,20H2,1-2H3. The van der Waals surface area contributed by atoms with Crippen molar-refractivity contribution in [3.63, 3.8) is 0 Å². The topological polar surface area (TPSA) is 43.6 Å². The van der Waals surface area contributed by atoms with Crippen LogP contribution in [0.15, 0.2) is 97.1 Å². The Bertz CT molecular complexity index is 1860. The van der Waals surface area contributed by atoms with E-state index in [1.165, 1.54) is 57.3 Å². The van der Waals surface area contributed by atoms with Gasteiger partial charge in [-0.15, -0.1) is 0 Å². The summed E-state index contributed by atoms with van der Waals surface area (Å²) in [7, 11) is 0. The average molecular weight is 519 g/mol. The molecule has 0 radical (unpaired) electrons. The minimum Gasteiger partial charge on any atom is -0.282 e. The van der Waals surface area contributed by atoms with Gasteiger partial charge in [0.05, 0.1) is 5.52 Å². The molecule has 2 aliphatic carbocycles. The predicted molar refractivity (Wildman–Crippen MR) is 162 cm³/mol. The van der Waals surface area contributed by atoms with Gasteiger partial charge in [0.2, 0.25) is 5.95 Å². The van der Waals surface area contributed by atoms with Crippen LogP contribution in [0.25, 0.3) is 50.8 Å². The van der Waals surface area contributed by atoms with Crippen LogP contribution in [0.5, 0.6) is 0 Å². The summed E-state index contributed by atoms with van der Waals surface area (Å²) in [5, 5.41) is 1.40. The van der Waals surface area contributed by atoms with E-state index in [4.69, 9.17) is 15.0 Å². The second-order valence-electron chi connectivity index (χ2n) is 11.5. The summed E-state index contributed by atoms with van der Waals surface area (Å²) in [6.45, 7) is 4.77. The number of hydrogen-bond acceptors (Lipinski definition) is 3. The SMILES string of the molecule is CC1(C)c2ccccc2-c2ccc3c(c4c(n3-c3nc(-c5ccccc5)nc(-c5ccccc5)n3)CCCC4)c21. The summed E-state index contributed by atoms with van der Waals surface area (Å²) in [6.07, 6.45) is 4.51. The Labute approximate surface area is 234 Å². The van der Waals surface area contributed by atoms with Crippen molar-refractivity contribution in [1.82, 2.24) is 19.5 Å². The number of benzene rings is 4. The third-order valence-corrected chi connectivity index (χ3v) is 8.84. The highest BCUT2D eigenvalue weighted by atomic mass is 15.2. The van der Waals surface area contributed by atoms with Crippen molar-refractivity contribution in [2.24, 2.45) is 0 Å². The lowest BCUT2D eigenvalue weighted by Crippen LogP contribution is -2.16. The molecule has 0 saturated carbocycles. The molecule has 4 heteroatoms.